The van der Waals surface area contributed by atoms with Crippen molar-refractivity contribution >= 4 is 26.9 Å². The fraction of sp³-hybridized carbons (Fsp3) is 0.378. The Morgan fingerprint density at radius 2 is 1.52 bits per heavy atom. The van der Waals surface area contributed by atoms with Crippen LogP contribution in [0.5, 0.6) is 11.5 Å². The molecular formula is C37H44N8O4S. The van der Waals surface area contributed by atoms with Crippen LogP contribution in [0.4, 0.5) is 5.82 Å². The average Bonchev–Trinajstić information content (AvgIpc) is 3.55. The number of anilines is 1. The molecule has 1 aliphatic heterocycles. The number of ether oxygens (including phenoxy) is 2. The van der Waals surface area contributed by atoms with E-state index < -0.39 is 16.1 Å². The van der Waals surface area contributed by atoms with Crippen LogP contribution in [0.3, 0.4) is 0 Å². The number of rotatable bonds is 10. The Balaban J connectivity index is 1.18. The molecule has 0 bridgehead atoms. The molecule has 0 amide bonds. The van der Waals surface area contributed by atoms with Crippen LogP contribution in [0, 0.1) is 0 Å². The van der Waals surface area contributed by atoms with E-state index in [9.17, 15) is 8.42 Å². The van der Waals surface area contributed by atoms with Gasteiger partial charge in [0.25, 0.3) is 0 Å². The number of hydrogen-bond donors (Lipinski definition) is 2. The van der Waals surface area contributed by atoms with Gasteiger partial charge in [-0.25, -0.2) is 23.1 Å². The Morgan fingerprint density at radius 3 is 2.20 bits per heavy atom. The van der Waals surface area contributed by atoms with Gasteiger partial charge in [0.2, 0.25) is 10.0 Å². The summed E-state index contributed by atoms with van der Waals surface area (Å²) in [5, 5.41) is 5.86. The molecule has 5 aromatic rings. The molecule has 50 heavy (non-hydrogen) atoms. The lowest BCUT2D eigenvalue weighted by Crippen LogP contribution is -2.49. The van der Waals surface area contributed by atoms with Gasteiger partial charge in [-0.05, 0) is 56.0 Å². The summed E-state index contributed by atoms with van der Waals surface area (Å²) in [4.78, 5) is 14.0. The normalized spacial score (nSPS) is 19.7. The van der Waals surface area contributed by atoms with Crippen LogP contribution in [-0.4, -0.2) is 91.5 Å². The minimum absolute atomic E-state index is 0.0121. The summed E-state index contributed by atoms with van der Waals surface area (Å²) in [7, 11) is 1.07. The molecule has 2 fully saturated rings. The van der Waals surface area contributed by atoms with Crippen molar-refractivity contribution in [3.8, 4) is 22.8 Å². The lowest BCUT2D eigenvalue weighted by atomic mass is 9.90. The molecule has 262 valence electrons. The van der Waals surface area contributed by atoms with Gasteiger partial charge >= 0.3 is 0 Å². The van der Waals surface area contributed by atoms with Crippen LogP contribution < -0.4 is 19.9 Å². The highest BCUT2D eigenvalue weighted by Gasteiger charge is 2.31. The van der Waals surface area contributed by atoms with E-state index in [1.165, 1.54) is 26.6 Å². The van der Waals surface area contributed by atoms with Crippen molar-refractivity contribution in [3.05, 3.63) is 90.3 Å². The zero-order valence-corrected chi connectivity index (χ0v) is 29.5. The van der Waals surface area contributed by atoms with Gasteiger partial charge in [-0.3, -0.25) is 4.90 Å². The summed E-state index contributed by atoms with van der Waals surface area (Å²) in [6, 6.07) is 22.0. The van der Waals surface area contributed by atoms with Crippen molar-refractivity contribution in [2.45, 2.75) is 48.7 Å². The van der Waals surface area contributed by atoms with Gasteiger partial charge in [-0.1, -0.05) is 54.6 Å². The summed E-state index contributed by atoms with van der Waals surface area (Å²) < 4.78 is 43.5. The molecule has 2 aliphatic rings. The molecule has 0 spiro atoms. The number of aromatic nitrogens is 4. The number of hydrogen-bond acceptors (Lipinski definition) is 10. The standard InChI is InChI=1S/C37H44N8O4S/c1-43-19-21-44(22-20-43)28-13-15-29(16-14-28)45-37-33(36(38)39-24-40-37)35(41-45)27-11-9-26(10-12-27)34(25-7-5-4-6-8-25)42-50(46,47)32-23-30(48-2)17-18-31(32)49-3/h4-12,17-18,23-24,28-29,34,42H,13-16,19-22H2,1-3H3,(H2,38,39,40). The lowest BCUT2D eigenvalue weighted by molar-refractivity contribution is 0.0815. The fourth-order valence-electron chi connectivity index (χ4n) is 7.33. The monoisotopic (exact) mass is 696 g/mol. The Morgan fingerprint density at radius 1 is 0.840 bits per heavy atom. The largest absolute Gasteiger partial charge is 0.497 e. The van der Waals surface area contributed by atoms with E-state index in [2.05, 4.69) is 36.2 Å². The number of sulfonamides is 1. The molecule has 12 nitrogen and oxygen atoms in total. The SMILES string of the molecule is COc1ccc(OC)c(S(=O)(=O)NC(c2ccccc2)c2ccc(-c3nn(C4CCC(N5CCN(C)CC5)CC4)c4ncnc(N)c34)cc2)c1. The first kappa shape index (κ1) is 33.9. The van der Waals surface area contributed by atoms with Crippen LogP contribution in [0.25, 0.3) is 22.3 Å². The second-order valence-electron chi connectivity index (χ2n) is 13.2. The highest BCUT2D eigenvalue weighted by molar-refractivity contribution is 7.89. The molecule has 1 aliphatic carbocycles. The van der Waals surface area contributed by atoms with Gasteiger partial charge in [0.15, 0.2) is 5.65 Å². The molecule has 3 heterocycles. The summed E-state index contributed by atoms with van der Waals surface area (Å²) in [6.07, 6.45) is 5.80. The van der Waals surface area contributed by atoms with E-state index in [4.69, 9.17) is 20.3 Å². The molecule has 2 aromatic heterocycles. The molecule has 1 saturated carbocycles. The van der Waals surface area contributed by atoms with Gasteiger partial charge in [0.05, 0.1) is 31.7 Å². The van der Waals surface area contributed by atoms with Crippen LogP contribution in [-0.2, 0) is 10.0 Å². The molecular weight excluding hydrogens is 653 g/mol. The Hall–Kier alpha value is -4.56. The number of piperazine rings is 1. The first-order chi connectivity index (χ1) is 24.3. The van der Waals surface area contributed by atoms with Gasteiger partial charge < -0.3 is 20.1 Å². The summed E-state index contributed by atoms with van der Waals surface area (Å²) >= 11 is 0. The summed E-state index contributed by atoms with van der Waals surface area (Å²) in [6.45, 7) is 4.50. The number of nitrogens with one attached hydrogen (secondary N) is 1. The summed E-state index contributed by atoms with van der Waals surface area (Å²) in [5.41, 5.74) is 10.3. The number of fused-ring (bicyclic) bond motifs is 1. The number of nitrogens with zero attached hydrogens (tertiary/aromatic N) is 6. The quantitative estimate of drug-likeness (QED) is 0.207. The predicted molar refractivity (Wildman–Crippen MR) is 194 cm³/mol. The predicted octanol–water partition coefficient (Wildman–Crippen LogP) is 4.89. The Labute approximate surface area is 293 Å². The van der Waals surface area contributed by atoms with Gasteiger partial charge in [0.1, 0.15) is 34.2 Å². The molecule has 7 rings (SSSR count). The fourth-order valence-corrected chi connectivity index (χ4v) is 8.72. The van der Waals surface area contributed by atoms with E-state index in [0.29, 0.717) is 23.3 Å². The van der Waals surface area contributed by atoms with Crippen molar-refractivity contribution in [2.75, 3.05) is 53.2 Å². The molecule has 1 unspecified atom stereocenters. The lowest BCUT2D eigenvalue weighted by Gasteiger charge is -2.41. The minimum Gasteiger partial charge on any atom is -0.497 e. The molecule has 13 heteroatoms. The first-order valence-corrected chi connectivity index (χ1v) is 18.5. The zero-order chi connectivity index (χ0) is 34.8. The Kier molecular flexibility index (Phi) is 9.73. The van der Waals surface area contributed by atoms with Crippen LogP contribution in [0.1, 0.15) is 48.9 Å². The van der Waals surface area contributed by atoms with E-state index in [-0.39, 0.29) is 16.7 Å². The minimum atomic E-state index is -4.06. The third kappa shape index (κ3) is 6.78. The van der Waals surface area contributed by atoms with Crippen molar-refractivity contribution in [1.29, 1.82) is 0 Å². The molecule has 1 atom stereocenters. The van der Waals surface area contributed by atoms with Crippen molar-refractivity contribution in [2.24, 2.45) is 0 Å². The molecule has 0 radical (unpaired) electrons. The molecule has 3 N–H and O–H groups in total. The topological polar surface area (TPSA) is 141 Å². The number of nitrogen functional groups attached to an aromatic ring is 1. The Bertz CT molecular complexity index is 2040. The van der Waals surface area contributed by atoms with Crippen LogP contribution >= 0.6 is 0 Å². The van der Waals surface area contributed by atoms with Crippen molar-refractivity contribution in [3.63, 3.8) is 0 Å². The number of benzene rings is 3. The third-order valence-corrected chi connectivity index (χ3v) is 11.6. The number of nitrogens with two attached hydrogens (primary N) is 1. The third-order valence-electron chi connectivity index (χ3n) is 10.2. The van der Waals surface area contributed by atoms with E-state index in [0.717, 1.165) is 79.6 Å². The second-order valence-corrected chi connectivity index (χ2v) is 14.8. The first-order valence-electron chi connectivity index (χ1n) is 17.1. The molecule has 3 aromatic carbocycles. The average molecular weight is 697 g/mol. The van der Waals surface area contributed by atoms with Gasteiger partial charge in [-0.15, -0.1) is 0 Å². The van der Waals surface area contributed by atoms with E-state index in [1.807, 2.05) is 54.6 Å². The van der Waals surface area contributed by atoms with E-state index in [1.54, 1.807) is 12.1 Å². The molecule has 1 saturated heterocycles. The highest BCUT2D eigenvalue weighted by Crippen LogP contribution is 2.38. The zero-order valence-electron chi connectivity index (χ0n) is 28.7. The maximum Gasteiger partial charge on any atom is 0.245 e. The highest BCUT2D eigenvalue weighted by atomic mass is 32.2. The second kappa shape index (κ2) is 14.4. The van der Waals surface area contributed by atoms with Crippen molar-refractivity contribution in [1.82, 2.24) is 34.3 Å². The number of methoxy groups -OCH3 is 2. The smallest absolute Gasteiger partial charge is 0.245 e. The maximum atomic E-state index is 13.9. The van der Waals surface area contributed by atoms with E-state index >= 15 is 0 Å². The maximum absolute atomic E-state index is 13.9. The van der Waals surface area contributed by atoms with Crippen LogP contribution in [0.15, 0.2) is 84.0 Å². The van der Waals surface area contributed by atoms with Gasteiger partial charge in [0, 0.05) is 43.9 Å². The summed E-state index contributed by atoms with van der Waals surface area (Å²) in [5.74, 6) is 1.01. The number of likely N-dealkylation sites (N-methyl/N-ethyl adjacent to an activating group) is 1. The van der Waals surface area contributed by atoms with Crippen LogP contribution in [0.2, 0.25) is 0 Å². The van der Waals surface area contributed by atoms with Gasteiger partial charge in [-0.2, -0.15) is 9.82 Å². The van der Waals surface area contributed by atoms with Crippen molar-refractivity contribution < 1.29 is 17.9 Å².